The van der Waals surface area contributed by atoms with Crippen LogP contribution in [0, 0.1) is 6.92 Å². The number of pyridine rings is 1. The lowest BCUT2D eigenvalue weighted by molar-refractivity contribution is -0.0679. The van der Waals surface area contributed by atoms with Crippen LogP contribution in [0.2, 0.25) is 0 Å². The van der Waals surface area contributed by atoms with Crippen LogP contribution in [0.5, 0.6) is 0 Å². The molecule has 0 unspecified atom stereocenters. The highest BCUT2D eigenvalue weighted by atomic mass is 16.5. The average Bonchev–Trinajstić information content (AvgIpc) is 2.37. The maximum atomic E-state index is 12.1. The number of ether oxygens (including phenoxy) is 1. The van der Waals surface area contributed by atoms with Gasteiger partial charge in [0.05, 0.1) is 5.60 Å². The van der Waals surface area contributed by atoms with E-state index in [1.165, 1.54) is 6.42 Å². The molecule has 19 heavy (non-hydrogen) atoms. The van der Waals surface area contributed by atoms with Gasteiger partial charge in [-0.25, -0.2) is 4.98 Å². The molecule has 1 fully saturated rings. The number of anilines is 1. The monoisotopic (exact) mass is 263 g/mol. The predicted octanol–water partition coefficient (Wildman–Crippen LogP) is 1.73. The second-order valence-electron chi connectivity index (χ2n) is 5.06. The summed E-state index contributed by atoms with van der Waals surface area (Å²) in [6.45, 7) is 2.44. The van der Waals surface area contributed by atoms with E-state index < -0.39 is 0 Å². The Morgan fingerprint density at radius 1 is 1.47 bits per heavy atom. The number of nitrogens with one attached hydrogen (secondary N) is 2. The third-order valence-corrected chi connectivity index (χ3v) is 3.74. The lowest BCUT2D eigenvalue weighted by Crippen LogP contribution is -2.49. The molecule has 1 aromatic rings. The van der Waals surface area contributed by atoms with Crippen LogP contribution in [0.1, 0.15) is 35.3 Å². The molecule has 1 aliphatic rings. The number of carbonyl (C=O) groups excluding carboxylic acids is 1. The van der Waals surface area contributed by atoms with Crippen LogP contribution in [0.3, 0.4) is 0 Å². The first-order chi connectivity index (χ1) is 9.08. The molecule has 1 aromatic heterocycles. The molecular formula is C14H21N3O2. The van der Waals surface area contributed by atoms with Crippen LogP contribution in [0.25, 0.3) is 0 Å². The van der Waals surface area contributed by atoms with Gasteiger partial charge in [0.1, 0.15) is 5.82 Å². The number of methoxy groups -OCH3 is 1. The van der Waals surface area contributed by atoms with Crippen LogP contribution in [-0.4, -0.2) is 37.2 Å². The van der Waals surface area contributed by atoms with Gasteiger partial charge in [0.15, 0.2) is 0 Å². The number of aromatic nitrogens is 1. The van der Waals surface area contributed by atoms with Crippen molar-refractivity contribution in [2.75, 3.05) is 26.0 Å². The molecular weight excluding hydrogens is 242 g/mol. The third-order valence-electron chi connectivity index (χ3n) is 3.74. The van der Waals surface area contributed by atoms with E-state index in [1.807, 2.05) is 6.92 Å². The largest absolute Gasteiger partial charge is 0.376 e. The number of carbonyl (C=O) groups is 1. The number of amides is 1. The molecule has 1 heterocycles. The topological polar surface area (TPSA) is 63.2 Å². The summed E-state index contributed by atoms with van der Waals surface area (Å²) in [4.78, 5) is 16.4. The molecule has 5 nitrogen and oxygen atoms in total. The molecule has 2 N–H and O–H groups in total. The van der Waals surface area contributed by atoms with Crippen molar-refractivity contribution >= 4 is 11.7 Å². The molecule has 0 aliphatic heterocycles. The lowest BCUT2D eigenvalue weighted by atomic mass is 9.80. The summed E-state index contributed by atoms with van der Waals surface area (Å²) in [6.07, 6.45) is 3.20. The molecule has 0 radical (unpaired) electrons. The fourth-order valence-electron chi connectivity index (χ4n) is 2.30. The van der Waals surface area contributed by atoms with E-state index in [4.69, 9.17) is 4.74 Å². The van der Waals surface area contributed by atoms with Gasteiger partial charge in [0.2, 0.25) is 0 Å². The summed E-state index contributed by atoms with van der Waals surface area (Å²) < 4.78 is 5.49. The highest BCUT2D eigenvalue weighted by molar-refractivity contribution is 5.95. The summed E-state index contributed by atoms with van der Waals surface area (Å²) in [5, 5.41) is 5.90. The number of hydrogen-bond acceptors (Lipinski definition) is 4. The van der Waals surface area contributed by atoms with Gasteiger partial charge in [0, 0.05) is 32.0 Å². The van der Waals surface area contributed by atoms with Gasteiger partial charge >= 0.3 is 0 Å². The highest BCUT2D eigenvalue weighted by Crippen LogP contribution is 2.34. The molecule has 5 heteroatoms. The van der Waals surface area contributed by atoms with Gasteiger partial charge in [0.25, 0.3) is 5.91 Å². The van der Waals surface area contributed by atoms with E-state index in [-0.39, 0.29) is 11.5 Å². The summed E-state index contributed by atoms with van der Waals surface area (Å²) >= 11 is 0. The first-order valence-corrected chi connectivity index (χ1v) is 6.58. The Morgan fingerprint density at radius 3 is 2.74 bits per heavy atom. The van der Waals surface area contributed by atoms with Gasteiger partial charge < -0.3 is 15.4 Å². The number of rotatable bonds is 5. The average molecular weight is 263 g/mol. The first-order valence-electron chi connectivity index (χ1n) is 6.58. The minimum absolute atomic E-state index is 0.0784. The molecule has 1 saturated carbocycles. The minimum atomic E-state index is -0.149. The van der Waals surface area contributed by atoms with E-state index in [2.05, 4.69) is 15.6 Å². The van der Waals surface area contributed by atoms with Gasteiger partial charge in [-0.3, -0.25) is 4.79 Å². The number of aryl methyl sites for hydroxylation is 1. The van der Waals surface area contributed by atoms with Crippen molar-refractivity contribution in [2.45, 2.75) is 31.8 Å². The van der Waals surface area contributed by atoms with Gasteiger partial charge in [-0.1, -0.05) is 0 Å². The Kier molecular flexibility index (Phi) is 4.04. The Labute approximate surface area is 113 Å². The van der Waals surface area contributed by atoms with Crippen molar-refractivity contribution in [3.63, 3.8) is 0 Å². The Balaban J connectivity index is 2.01. The zero-order chi connectivity index (χ0) is 13.9. The molecule has 1 amide bonds. The zero-order valence-corrected chi connectivity index (χ0v) is 11.7. The third kappa shape index (κ3) is 3.04. The lowest BCUT2D eigenvalue weighted by Gasteiger charge is -2.40. The number of hydrogen-bond donors (Lipinski definition) is 2. The van der Waals surface area contributed by atoms with E-state index in [0.29, 0.717) is 17.9 Å². The van der Waals surface area contributed by atoms with Crippen molar-refractivity contribution in [3.8, 4) is 0 Å². The molecule has 1 aliphatic carbocycles. The molecule has 0 aromatic carbocycles. The standard InChI is InChI=1S/C14H21N3O2/c1-10-7-11(8-12(15-2)17-10)13(18)16-9-14(19-3)5-4-6-14/h7-8H,4-6,9H2,1-3H3,(H,15,17)(H,16,18). The fourth-order valence-corrected chi connectivity index (χ4v) is 2.30. The van der Waals surface area contributed by atoms with E-state index in [0.717, 1.165) is 18.5 Å². The quantitative estimate of drug-likeness (QED) is 0.849. The van der Waals surface area contributed by atoms with Gasteiger partial charge in [-0.05, 0) is 38.3 Å². The first kappa shape index (κ1) is 13.8. The Morgan fingerprint density at radius 2 is 2.21 bits per heavy atom. The minimum Gasteiger partial charge on any atom is -0.376 e. The Bertz CT molecular complexity index is 464. The normalized spacial score (nSPS) is 16.6. The second kappa shape index (κ2) is 5.57. The summed E-state index contributed by atoms with van der Waals surface area (Å²) in [7, 11) is 3.50. The van der Waals surface area contributed by atoms with Crippen LogP contribution in [0.4, 0.5) is 5.82 Å². The van der Waals surface area contributed by atoms with Crippen molar-refractivity contribution in [1.29, 1.82) is 0 Å². The predicted molar refractivity (Wildman–Crippen MR) is 74.4 cm³/mol. The highest BCUT2D eigenvalue weighted by Gasteiger charge is 2.37. The van der Waals surface area contributed by atoms with Crippen LogP contribution in [-0.2, 0) is 4.74 Å². The second-order valence-corrected chi connectivity index (χ2v) is 5.06. The van der Waals surface area contributed by atoms with Crippen LogP contribution >= 0.6 is 0 Å². The molecule has 0 atom stereocenters. The van der Waals surface area contributed by atoms with Crippen molar-refractivity contribution in [2.24, 2.45) is 0 Å². The molecule has 0 bridgehead atoms. The smallest absolute Gasteiger partial charge is 0.251 e. The summed E-state index contributed by atoms with van der Waals surface area (Å²) in [5.74, 6) is 0.626. The van der Waals surface area contributed by atoms with Crippen LogP contribution in [0.15, 0.2) is 12.1 Å². The SMILES string of the molecule is CNc1cc(C(=O)NCC2(OC)CCC2)cc(C)n1. The van der Waals surface area contributed by atoms with E-state index >= 15 is 0 Å². The zero-order valence-electron chi connectivity index (χ0n) is 11.7. The van der Waals surface area contributed by atoms with Gasteiger partial charge in [-0.15, -0.1) is 0 Å². The van der Waals surface area contributed by atoms with Crippen molar-refractivity contribution in [3.05, 3.63) is 23.4 Å². The van der Waals surface area contributed by atoms with Crippen LogP contribution < -0.4 is 10.6 Å². The fraction of sp³-hybridized carbons (Fsp3) is 0.571. The van der Waals surface area contributed by atoms with Gasteiger partial charge in [-0.2, -0.15) is 0 Å². The Hall–Kier alpha value is -1.62. The maximum Gasteiger partial charge on any atom is 0.251 e. The molecule has 0 spiro atoms. The summed E-state index contributed by atoms with van der Waals surface area (Å²) in [6, 6.07) is 3.54. The maximum absolute atomic E-state index is 12.1. The molecule has 0 saturated heterocycles. The molecule has 104 valence electrons. The summed E-state index contributed by atoms with van der Waals surface area (Å²) in [5.41, 5.74) is 1.30. The number of nitrogens with zero attached hydrogens (tertiary/aromatic N) is 1. The van der Waals surface area contributed by atoms with E-state index in [1.54, 1.807) is 26.3 Å². The van der Waals surface area contributed by atoms with Crippen molar-refractivity contribution < 1.29 is 9.53 Å². The van der Waals surface area contributed by atoms with Crippen molar-refractivity contribution in [1.82, 2.24) is 10.3 Å². The molecule has 2 rings (SSSR count). The van der Waals surface area contributed by atoms with E-state index in [9.17, 15) is 4.79 Å².